The SMILES string of the molecule is Nc1ccc(-c2cccc(Cl)c2Cl)c(N2CCCCC2)n1. The Morgan fingerprint density at radius 3 is 2.48 bits per heavy atom. The Bertz CT molecular complexity index is 652. The average Bonchev–Trinajstić information content (AvgIpc) is 2.51. The van der Waals surface area contributed by atoms with Gasteiger partial charge in [-0.05, 0) is 37.5 Å². The monoisotopic (exact) mass is 321 g/mol. The molecule has 1 saturated heterocycles. The summed E-state index contributed by atoms with van der Waals surface area (Å²) < 4.78 is 0. The Labute approximate surface area is 134 Å². The molecule has 1 fully saturated rings. The summed E-state index contributed by atoms with van der Waals surface area (Å²) in [7, 11) is 0. The average molecular weight is 322 g/mol. The minimum absolute atomic E-state index is 0.525. The van der Waals surface area contributed by atoms with Crippen molar-refractivity contribution in [3.63, 3.8) is 0 Å². The largest absolute Gasteiger partial charge is 0.384 e. The maximum absolute atomic E-state index is 6.37. The van der Waals surface area contributed by atoms with Crippen LogP contribution in [0.15, 0.2) is 30.3 Å². The number of nitrogens with two attached hydrogens (primary N) is 1. The molecule has 0 radical (unpaired) electrons. The Morgan fingerprint density at radius 1 is 0.952 bits per heavy atom. The number of hydrogen-bond donors (Lipinski definition) is 1. The van der Waals surface area contributed by atoms with Gasteiger partial charge in [-0.1, -0.05) is 35.3 Å². The van der Waals surface area contributed by atoms with Crippen LogP contribution in [0.1, 0.15) is 19.3 Å². The molecule has 2 N–H and O–H groups in total. The second-order valence-corrected chi connectivity index (χ2v) is 6.04. The van der Waals surface area contributed by atoms with Gasteiger partial charge in [-0.3, -0.25) is 0 Å². The lowest BCUT2D eigenvalue weighted by molar-refractivity contribution is 0.574. The van der Waals surface area contributed by atoms with E-state index in [4.69, 9.17) is 28.9 Å². The number of anilines is 2. The van der Waals surface area contributed by atoms with Crippen LogP contribution in [0.5, 0.6) is 0 Å². The van der Waals surface area contributed by atoms with Crippen molar-refractivity contribution in [3.8, 4) is 11.1 Å². The fourth-order valence-corrected chi connectivity index (χ4v) is 3.13. The smallest absolute Gasteiger partial charge is 0.138 e. The summed E-state index contributed by atoms with van der Waals surface area (Å²) in [6.07, 6.45) is 3.63. The zero-order valence-corrected chi connectivity index (χ0v) is 13.2. The molecular formula is C16H17Cl2N3. The molecule has 1 aliphatic heterocycles. The van der Waals surface area contributed by atoms with Crippen molar-refractivity contribution < 1.29 is 0 Å². The maximum atomic E-state index is 6.37. The van der Waals surface area contributed by atoms with Crippen molar-refractivity contribution in [2.75, 3.05) is 23.7 Å². The van der Waals surface area contributed by atoms with Crippen molar-refractivity contribution in [2.24, 2.45) is 0 Å². The Balaban J connectivity index is 2.11. The van der Waals surface area contributed by atoms with Crippen LogP contribution in [-0.2, 0) is 0 Å². The number of halogens is 2. The van der Waals surface area contributed by atoms with Crippen LogP contribution < -0.4 is 10.6 Å². The first-order valence-electron chi connectivity index (χ1n) is 7.12. The molecule has 5 heteroatoms. The van der Waals surface area contributed by atoms with Crippen molar-refractivity contribution in [3.05, 3.63) is 40.4 Å². The van der Waals surface area contributed by atoms with Gasteiger partial charge in [0.1, 0.15) is 11.6 Å². The number of hydrogen-bond acceptors (Lipinski definition) is 3. The van der Waals surface area contributed by atoms with Gasteiger partial charge < -0.3 is 10.6 Å². The van der Waals surface area contributed by atoms with Crippen LogP contribution in [0.3, 0.4) is 0 Å². The summed E-state index contributed by atoms with van der Waals surface area (Å²) in [5, 5.41) is 1.11. The van der Waals surface area contributed by atoms with Gasteiger partial charge in [0.25, 0.3) is 0 Å². The first-order chi connectivity index (χ1) is 10.2. The molecule has 1 aliphatic rings. The molecule has 1 aromatic heterocycles. The van der Waals surface area contributed by atoms with Crippen LogP contribution in [0, 0.1) is 0 Å². The fourth-order valence-electron chi connectivity index (χ4n) is 2.73. The van der Waals surface area contributed by atoms with Crippen molar-refractivity contribution in [1.29, 1.82) is 0 Å². The molecule has 0 spiro atoms. The number of nitrogen functional groups attached to an aromatic ring is 1. The quantitative estimate of drug-likeness (QED) is 0.876. The number of aromatic nitrogens is 1. The molecule has 0 amide bonds. The highest BCUT2D eigenvalue weighted by atomic mass is 35.5. The van der Waals surface area contributed by atoms with Gasteiger partial charge in [0, 0.05) is 24.2 Å². The summed E-state index contributed by atoms with van der Waals surface area (Å²) in [5.74, 6) is 1.43. The highest BCUT2D eigenvalue weighted by Crippen LogP contribution is 2.38. The Hall–Kier alpha value is -1.45. The van der Waals surface area contributed by atoms with Crippen molar-refractivity contribution in [1.82, 2.24) is 4.98 Å². The molecule has 1 aromatic carbocycles. The lowest BCUT2D eigenvalue weighted by Gasteiger charge is -2.29. The summed E-state index contributed by atoms with van der Waals surface area (Å²) >= 11 is 12.5. The number of pyridine rings is 1. The lowest BCUT2D eigenvalue weighted by Crippen LogP contribution is -2.30. The zero-order chi connectivity index (χ0) is 14.8. The third kappa shape index (κ3) is 2.94. The standard InChI is InChI=1S/C16H17Cl2N3/c17-13-6-4-5-11(15(13)18)12-7-8-14(19)20-16(12)21-9-2-1-3-10-21/h4-8H,1-3,9-10H2,(H2,19,20). The lowest BCUT2D eigenvalue weighted by atomic mass is 10.0. The van der Waals surface area contributed by atoms with Crippen LogP contribution in [0.2, 0.25) is 10.0 Å². The van der Waals surface area contributed by atoms with E-state index in [1.807, 2.05) is 18.2 Å². The van der Waals surface area contributed by atoms with Crippen LogP contribution in [-0.4, -0.2) is 18.1 Å². The van der Waals surface area contributed by atoms with Crippen molar-refractivity contribution in [2.45, 2.75) is 19.3 Å². The Morgan fingerprint density at radius 2 is 1.71 bits per heavy atom. The molecule has 0 bridgehead atoms. The van der Waals surface area contributed by atoms with E-state index < -0.39 is 0 Å². The second kappa shape index (κ2) is 6.12. The predicted octanol–water partition coefficient (Wildman–Crippen LogP) is 4.63. The molecule has 3 nitrogen and oxygen atoms in total. The van der Waals surface area contributed by atoms with E-state index in [1.54, 1.807) is 12.1 Å². The molecular weight excluding hydrogens is 305 g/mol. The first kappa shape index (κ1) is 14.5. The van der Waals surface area contributed by atoms with E-state index in [2.05, 4.69) is 9.88 Å². The molecule has 110 valence electrons. The van der Waals surface area contributed by atoms with E-state index in [0.717, 1.165) is 30.0 Å². The summed E-state index contributed by atoms with van der Waals surface area (Å²) in [6, 6.07) is 9.44. The molecule has 2 heterocycles. The third-order valence-electron chi connectivity index (χ3n) is 3.79. The van der Waals surface area contributed by atoms with E-state index >= 15 is 0 Å². The summed E-state index contributed by atoms with van der Waals surface area (Å²) in [6.45, 7) is 2.00. The van der Waals surface area contributed by atoms with E-state index in [-0.39, 0.29) is 0 Å². The third-order valence-corrected chi connectivity index (χ3v) is 4.61. The zero-order valence-electron chi connectivity index (χ0n) is 11.6. The summed E-state index contributed by atoms with van der Waals surface area (Å²) in [5.41, 5.74) is 7.77. The van der Waals surface area contributed by atoms with E-state index in [0.29, 0.717) is 15.9 Å². The minimum Gasteiger partial charge on any atom is -0.384 e. The topological polar surface area (TPSA) is 42.1 Å². The number of rotatable bonds is 2. The highest BCUT2D eigenvalue weighted by molar-refractivity contribution is 6.43. The molecule has 0 atom stereocenters. The molecule has 0 unspecified atom stereocenters. The van der Waals surface area contributed by atoms with Gasteiger partial charge in [-0.15, -0.1) is 0 Å². The molecule has 0 saturated carbocycles. The van der Waals surface area contributed by atoms with E-state index in [9.17, 15) is 0 Å². The highest BCUT2D eigenvalue weighted by Gasteiger charge is 2.19. The summed E-state index contributed by atoms with van der Waals surface area (Å²) in [4.78, 5) is 6.83. The molecule has 3 rings (SSSR count). The van der Waals surface area contributed by atoms with Gasteiger partial charge >= 0.3 is 0 Å². The van der Waals surface area contributed by atoms with Crippen LogP contribution >= 0.6 is 23.2 Å². The Kier molecular flexibility index (Phi) is 4.22. The van der Waals surface area contributed by atoms with Gasteiger partial charge in [-0.2, -0.15) is 0 Å². The van der Waals surface area contributed by atoms with Crippen LogP contribution in [0.25, 0.3) is 11.1 Å². The molecule has 2 aromatic rings. The van der Waals surface area contributed by atoms with Gasteiger partial charge in [0.15, 0.2) is 0 Å². The normalized spacial score (nSPS) is 15.2. The predicted molar refractivity (Wildman–Crippen MR) is 90.2 cm³/mol. The number of benzene rings is 1. The van der Waals surface area contributed by atoms with E-state index in [1.165, 1.54) is 19.3 Å². The number of piperidine rings is 1. The van der Waals surface area contributed by atoms with Gasteiger partial charge in [0.05, 0.1) is 10.0 Å². The molecule has 21 heavy (non-hydrogen) atoms. The van der Waals surface area contributed by atoms with Crippen LogP contribution in [0.4, 0.5) is 11.6 Å². The second-order valence-electron chi connectivity index (χ2n) is 5.26. The van der Waals surface area contributed by atoms with Crippen molar-refractivity contribution >= 4 is 34.8 Å². The van der Waals surface area contributed by atoms with Gasteiger partial charge in [0.2, 0.25) is 0 Å². The maximum Gasteiger partial charge on any atom is 0.138 e. The number of nitrogens with zero attached hydrogens (tertiary/aromatic N) is 2. The fraction of sp³-hybridized carbons (Fsp3) is 0.312. The van der Waals surface area contributed by atoms with Gasteiger partial charge in [-0.25, -0.2) is 4.98 Å². The minimum atomic E-state index is 0.525. The first-order valence-corrected chi connectivity index (χ1v) is 7.88. The molecule has 0 aliphatic carbocycles.